The van der Waals surface area contributed by atoms with Crippen molar-refractivity contribution in [3.8, 4) is 34.3 Å². The van der Waals surface area contributed by atoms with E-state index >= 15 is 0 Å². The Morgan fingerprint density at radius 2 is 1.36 bits per heavy atom. The number of aromatic nitrogens is 1. The smallest absolute Gasteiger partial charge is 0.204 e. The van der Waals surface area contributed by atoms with Crippen molar-refractivity contribution in [3.63, 3.8) is 0 Å². The molecule has 28 heavy (non-hydrogen) atoms. The molecule has 2 atom stereocenters. The molecule has 0 amide bonds. The third kappa shape index (κ3) is 2.37. The van der Waals surface area contributed by atoms with Crippen molar-refractivity contribution < 1.29 is 20.4 Å². The highest BCUT2D eigenvalue weighted by Gasteiger charge is 2.31. The number of benzene rings is 2. The third-order valence-corrected chi connectivity index (χ3v) is 6.67. The van der Waals surface area contributed by atoms with E-state index in [1.165, 1.54) is 43.2 Å². The molecule has 3 aromatic rings. The largest absolute Gasteiger partial charge is 0.505 e. The van der Waals surface area contributed by atoms with Crippen molar-refractivity contribution in [2.75, 3.05) is 0 Å². The Bertz CT molecular complexity index is 1090. The van der Waals surface area contributed by atoms with Crippen LogP contribution in [0, 0.1) is 0 Å². The maximum atomic E-state index is 10.4. The zero-order chi connectivity index (χ0) is 19.6. The fourth-order valence-corrected chi connectivity index (χ4v) is 5.13. The van der Waals surface area contributed by atoms with Crippen LogP contribution in [0.25, 0.3) is 22.0 Å². The molecule has 1 saturated carbocycles. The van der Waals surface area contributed by atoms with Gasteiger partial charge in [0.1, 0.15) is 7.85 Å². The van der Waals surface area contributed by atoms with E-state index in [0.717, 1.165) is 10.8 Å². The molecule has 3 aliphatic rings. The van der Waals surface area contributed by atoms with Crippen LogP contribution in [0.15, 0.2) is 24.4 Å². The molecule has 5 nitrogen and oxygen atoms in total. The first kappa shape index (κ1) is 17.2. The number of rotatable bonds is 1. The lowest BCUT2D eigenvalue weighted by Gasteiger charge is -2.28. The summed E-state index contributed by atoms with van der Waals surface area (Å²) in [5.41, 5.74) is 3.86. The van der Waals surface area contributed by atoms with Gasteiger partial charge < -0.3 is 20.4 Å². The molecule has 3 aliphatic carbocycles. The quantitative estimate of drug-likeness (QED) is 0.298. The molecule has 6 heteroatoms. The SMILES string of the molecule is Bc1c(O)c(O)c(O)c(O)c1-c1cc2cc3c(cc2cn1)C1CCCC3CC1. The third-order valence-electron chi connectivity index (χ3n) is 6.67. The first-order valence-corrected chi connectivity index (χ1v) is 9.86. The number of aromatic hydroxyl groups is 4. The first-order chi connectivity index (χ1) is 13.5. The molecule has 1 heterocycles. The topological polar surface area (TPSA) is 93.8 Å². The standard InChI is InChI=1S/C22H22BNO4/c23-18-17(19(25)21(27)22(28)20(18)26)16-8-12-6-14-10-2-1-3-11(5-4-10)15(14)7-13(12)9-24-16/h6-11,25-28H,1-5,23H2. The Morgan fingerprint density at radius 1 is 0.750 bits per heavy atom. The van der Waals surface area contributed by atoms with E-state index in [2.05, 4.69) is 17.1 Å². The van der Waals surface area contributed by atoms with Crippen LogP contribution >= 0.6 is 0 Å². The van der Waals surface area contributed by atoms with Crippen molar-refractivity contribution in [1.82, 2.24) is 4.98 Å². The number of phenols is 4. The summed E-state index contributed by atoms with van der Waals surface area (Å²) < 4.78 is 0. The minimum absolute atomic E-state index is 0.228. The Morgan fingerprint density at radius 3 is 2.04 bits per heavy atom. The number of hydrogen-bond donors (Lipinski definition) is 4. The van der Waals surface area contributed by atoms with E-state index < -0.39 is 23.0 Å². The highest BCUT2D eigenvalue weighted by molar-refractivity contribution is 6.39. The van der Waals surface area contributed by atoms with Crippen LogP contribution < -0.4 is 5.46 Å². The normalized spacial score (nSPS) is 20.9. The number of nitrogens with zero attached hydrogens (tertiary/aromatic N) is 1. The minimum Gasteiger partial charge on any atom is -0.505 e. The van der Waals surface area contributed by atoms with E-state index in [9.17, 15) is 20.4 Å². The molecule has 4 N–H and O–H groups in total. The Kier molecular flexibility index (Phi) is 3.73. The van der Waals surface area contributed by atoms with Gasteiger partial charge in [0.2, 0.25) is 11.5 Å². The predicted octanol–water partition coefficient (Wildman–Crippen LogP) is 3.13. The van der Waals surface area contributed by atoms with E-state index in [0.29, 0.717) is 17.5 Å². The second-order valence-corrected chi connectivity index (χ2v) is 8.19. The van der Waals surface area contributed by atoms with Gasteiger partial charge in [-0.25, -0.2) is 0 Å². The maximum Gasteiger partial charge on any atom is 0.204 e. The molecule has 0 radical (unpaired) electrons. The lowest BCUT2D eigenvalue weighted by Crippen LogP contribution is -2.11. The van der Waals surface area contributed by atoms with Gasteiger partial charge in [-0.15, -0.1) is 0 Å². The first-order valence-electron chi connectivity index (χ1n) is 9.86. The van der Waals surface area contributed by atoms with Gasteiger partial charge >= 0.3 is 0 Å². The number of fused-ring (bicyclic) bond motifs is 4. The summed E-state index contributed by atoms with van der Waals surface area (Å²) in [7, 11) is 1.57. The second-order valence-electron chi connectivity index (χ2n) is 8.19. The van der Waals surface area contributed by atoms with E-state index in [-0.39, 0.29) is 11.0 Å². The van der Waals surface area contributed by atoms with Gasteiger partial charge in [0.25, 0.3) is 0 Å². The zero-order valence-electron chi connectivity index (χ0n) is 15.7. The fourth-order valence-electron chi connectivity index (χ4n) is 5.13. The molecule has 0 aliphatic heterocycles. The van der Waals surface area contributed by atoms with Gasteiger partial charge in [0.05, 0.1) is 5.69 Å². The fraction of sp³-hybridized carbons (Fsp3) is 0.318. The van der Waals surface area contributed by atoms with Gasteiger partial charge in [-0.05, 0) is 71.6 Å². The molecule has 142 valence electrons. The molecular weight excluding hydrogens is 353 g/mol. The molecular formula is C22H22BNO4. The molecule has 1 fully saturated rings. The zero-order valence-corrected chi connectivity index (χ0v) is 15.7. The van der Waals surface area contributed by atoms with Gasteiger partial charge in [-0.3, -0.25) is 4.98 Å². The Hall–Kier alpha value is -2.89. The van der Waals surface area contributed by atoms with Crippen molar-refractivity contribution >= 4 is 24.1 Å². The minimum atomic E-state index is -0.737. The monoisotopic (exact) mass is 375 g/mol. The van der Waals surface area contributed by atoms with Crippen molar-refractivity contribution in [2.45, 2.75) is 43.9 Å². The van der Waals surface area contributed by atoms with E-state index in [1.54, 1.807) is 14.0 Å². The highest BCUT2D eigenvalue weighted by atomic mass is 16.3. The number of pyridine rings is 1. The molecule has 0 saturated heterocycles. The average Bonchev–Trinajstić information content (AvgIpc) is 3.04. The molecule has 6 rings (SSSR count). The second kappa shape index (κ2) is 6.06. The number of hydrogen-bond acceptors (Lipinski definition) is 5. The van der Waals surface area contributed by atoms with Crippen LogP contribution in [0.3, 0.4) is 0 Å². The van der Waals surface area contributed by atoms with E-state index in [1.807, 2.05) is 6.07 Å². The predicted molar refractivity (Wildman–Crippen MR) is 111 cm³/mol. The van der Waals surface area contributed by atoms with Crippen LogP contribution in [-0.4, -0.2) is 33.3 Å². The lowest BCUT2D eigenvalue weighted by molar-refractivity contribution is 0.348. The van der Waals surface area contributed by atoms with Crippen LogP contribution in [0.2, 0.25) is 0 Å². The number of phenolic OH excluding ortho intramolecular Hbond substituents is 4. The maximum absolute atomic E-state index is 10.4. The molecule has 2 unspecified atom stereocenters. The summed E-state index contributed by atoms with van der Waals surface area (Å²) >= 11 is 0. The summed E-state index contributed by atoms with van der Waals surface area (Å²) in [6.07, 6.45) is 8.09. The summed E-state index contributed by atoms with van der Waals surface area (Å²) in [6.45, 7) is 0. The van der Waals surface area contributed by atoms with E-state index in [4.69, 9.17) is 0 Å². The summed E-state index contributed by atoms with van der Waals surface area (Å²) in [5, 5.41) is 42.2. The van der Waals surface area contributed by atoms with Crippen LogP contribution in [0.5, 0.6) is 23.0 Å². The van der Waals surface area contributed by atoms with Crippen molar-refractivity contribution in [3.05, 3.63) is 35.5 Å². The molecule has 2 aromatic carbocycles. The van der Waals surface area contributed by atoms with Crippen LogP contribution in [0.4, 0.5) is 0 Å². The van der Waals surface area contributed by atoms with Gasteiger partial charge in [0, 0.05) is 17.1 Å². The highest BCUT2D eigenvalue weighted by Crippen LogP contribution is 2.49. The molecule has 2 bridgehead atoms. The molecule has 1 aromatic heterocycles. The summed E-state index contributed by atoms with van der Waals surface area (Å²) in [6, 6.07) is 6.40. The van der Waals surface area contributed by atoms with Crippen LogP contribution in [0.1, 0.15) is 55.1 Å². The van der Waals surface area contributed by atoms with Crippen LogP contribution in [-0.2, 0) is 0 Å². The van der Waals surface area contributed by atoms with Gasteiger partial charge in [-0.2, -0.15) is 0 Å². The molecule has 0 spiro atoms. The Labute approximate surface area is 163 Å². The Balaban J connectivity index is 1.71. The van der Waals surface area contributed by atoms with Crippen molar-refractivity contribution in [2.24, 2.45) is 0 Å². The van der Waals surface area contributed by atoms with Gasteiger partial charge in [-0.1, -0.05) is 12.5 Å². The summed E-state index contributed by atoms with van der Waals surface area (Å²) in [5.74, 6) is -1.12. The summed E-state index contributed by atoms with van der Waals surface area (Å²) in [4.78, 5) is 4.48. The van der Waals surface area contributed by atoms with Crippen molar-refractivity contribution in [1.29, 1.82) is 0 Å². The average molecular weight is 375 g/mol. The van der Waals surface area contributed by atoms with Gasteiger partial charge in [0.15, 0.2) is 11.5 Å². The lowest BCUT2D eigenvalue weighted by atomic mass is 9.77.